The maximum absolute atomic E-state index is 10.7. The van der Waals surface area contributed by atoms with Gasteiger partial charge in [0.1, 0.15) is 5.10 Å². The topological polar surface area (TPSA) is 100 Å². The zero-order valence-corrected chi connectivity index (χ0v) is 12.8. The molecule has 20 heavy (non-hydrogen) atoms. The number of nitrogens with two attached hydrogens (primary N) is 1. The molecule has 0 bridgehead atoms. The number of guanidine groups is 1. The second-order valence-electron chi connectivity index (χ2n) is 5.22. The molecule has 0 aromatic rings. The van der Waals surface area contributed by atoms with Crippen molar-refractivity contribution in [3.63, 3.8) is 0 Å². The Bertz CT molecular complexity index is 469. The van der Waals surface area contributed by atoms with Crippen LogP contribution in [0.2, 0.25) is 0 Å². The summed E-state index contributed by atoms with van der Waals surface area (Å²) in [5, 5.41) is 16.4. The molecular weight excluding hydrogens is 304 g/mol. The van der Waals surface area contributed by atoms with Gasteiger partial charge in [-0.05, 0) is 6.92 Å². The molecule has 0 radical (unpaired) electrons. The first kappa shape index (κ1) is 15.2. The minimum atomic E-state index is -0.684. The van der Waals surface area contributed by atoms with Crippen molar-refractivity contribution in [3.8, 4) is 0 Å². The van der Waals surface area contributed by atoms with Crippen LogP contribution in [0.1, 0.15) is 6.92 Å². The minimum Gasteiger partial charge on any atom is -0.366 e. The molecule has 0 amide bonds. The summed E-state index contributed by atoms with van der Waals surface area (Å²) in [6.07, 6.45) is 1.81. The Morgan fingerprint density at radius 3 is 3.00 bits per heavy atom. The lowest BCUT2D eigenvalue weighted by Gasteiger charge is -2.43. The molecule has 0 saturated carbocycles. The average Bonchev–Trinajstić information content (AvgIpc) is 2.68. The molecule has 0 aromatic carbocycles. The van der Waals surface area contributed by atoms with E-state index in [9.17, 15) is 10.1 Å². The smallest absolute Gasteiger partial charge is 0.274 e. The van der Waals surface area contributed by atoms with Crippen molar-refractivity contribution in [1.82, 2.24) is 15.1 Å². The number of hydrogen-bond acceptors (Lipinski definition) is 5. The highest BCUT2D eigenvalue weighted by atomic mass is 35.5. The van der Waals surface area contributed by atoms with Crippen LogP contribution in [-0.4, -0.2) is 57.8 Å². The van der Waals surface area contributed by atoms with E-state index >= 15 is 0 Å². The molecule has 8 nitrogen and oxygen atoms in total. The van der Waals surface area contributed by atoms with E-state index in [1.54, 1.807) is 11.9 Å². The normalized spacial score (nSPS) is 32.3. The van der Waals surface area contributed by atoms with Gasteiger partial charge in [0.15, 0.2) is 9.87 Å². The lowest BCUT2D eigenvalue weighted by molar-refractivity contribution is -0.486. The fourth-order valence-corrected chi connectivity index (χ4v) is 3.55. The summed E-state index contributed by atoms with van der Waals surface area (Å²) in [5.41, 5.74) is 5.72. The SMILES string of the molecule is CN1CC(C)(N)CN(CC2=CNC(Cl)S2)/C1=N/[N+](=O)[O-]. The number of halogens is 1. The molecule has 3 N–H and O–H groups in total. The van der Waals surface area contributed by atoms with E-state index in [0.717, 1.165) is 4.91 Å². The van der Waals surface area contributed by atoms with Crippen LogP contribution < -0.4 is 11.1 Å². The monoisotopic (exact) mass is 320 g/mol. The molecule has 2 aliphatic rings. The fourth-order valence-electron chi connectivity index (χ4n) is 2.38. The molecule has 2 atom stereocenters. The van der Waals surface area contributed by atoms with Crippen LogP contribution in [-0.2, 0) is 0 Å². The van der Waals surface area contributed by atoms with E-state index in [2.05, 4.69) is 10.4 Å². The number of alkyl halides is 1. The second-order valence-corrected chi connectivity index (χ2v) is 7.14. The van der Waals surface area contributed by atoms with E-state index in [0.29, 0.717) is 25.6 Å². The summed E-state index contributed by atoms with van der Waals surface area (Å²) in [5.74, 6) is 0.317. The van der Waals surface area contributed by atoms with Crippen LogP contribution in [0.25, 0.3) is 0 Å². The molecule has 2 unspecified atom stereocenters. The fraction of sp³-hybridized carbons (Fsp3) is 0.700. The van der Waals surface area contributed by atoms with E-state index in [-0.39, 0.29) is 4.83 Å². The van der Waals surface area contributed by atoms with Crippen molar-refractivity contribution >= 4 is 29.3 Å². The van der Waals surface area contributed by atoms with Crippen molar-refractivity contribution in [2.75, 3.05) is 26.7 Å². The number of nitro groups is 1. The van der Waals surface area contributed by atoms with Crippen LogP contribution in [0.4, 0.5) is 0 Å². The molecular formula is C10H17ClN6O2S. The number of likely N-dealkylation sites (N-methyl/N-ethyl adjacent to an activating group) is 1. The predicted molar refractivity (Wildman–Crippen MR) is 79.7 cm³/mol. The Hall–Kier alpha value is -1.19. The van der Waals surface area contributed by atoms with Crippen molar-refractivity contribution < 1.29 is 5.03 Å². The Balaban J connectivity index is 2.18. The van der Waals surface area contributed by atoms with Crippen molar-refractivity contribution in [3.05, 3.63) is 21.2 Å². The standard InChI is InChI=1S/C10H17ClN6O2S/c1-10(12)5-15(2)9(14-17(18)19)16(6-10)4-7-3-13-8(11)20-7/h3,8,13H,4-6,12H2,1-2H3/b14-9+. The third kappa shape index (κ3) is 3.68. The second kappa shape index (κ2) is 5.66. The average molecular weight is 321 g/mol. The Morgan fingerprint density at radius 2 is 2.45 bits per heavy atom. The number of hydrazone groups is 1. The largest absolute Gasteiger partial charge is 0.366 e. The molecule has 1 fully saturated rings. The van der Waals surface area contributed by atoms with Crippen LogP contribution in [0.3, 0.4) is 0 Å². The van der Waals surface area contributed by atoms with Gasteiger partial charge in [-0.1, -0.05) is 23.4 Å². The lowest BCUT2D eigenvalue weighted by atomic mass is 10.0. The number of thioether (sulfide) groups is 1. The molecule has 0 spiro atoms. The molecule has 10 heteroatoms. The van der Waals surface area contributed by atoms with Crippen molar-refractivity contribution in [2.24, 2.45) is 10.8 Å². The van der Waals surface area contributed by atoms with Crippen molar-refractivity contribution in [2.45, 2.75) is 17.3 Å². The van der Waals surface area contributed by atoms with Gasteiger partial charge in [0.05, 0.1) is 6.54 Å². The summed E-state index contributed by atoms with van der Waals surface area (Å²) in [7, 11) is 1.75. The van der Waals surface area contributed by atoms with Gasteiger partial charge < -0.3 is 20.9 Å². The number of nitrogens with zero attached hydrogens (tertiary/aromatic N) is 4. The van der Waals surface area contributed by atoms with E-state index < -0.39 is 10.6 Å². The molecule has 0 aromatic heterocycles. The van der Waals surface area contributed by atoms with Gasteiger partial charge in [-0.25, -0.2) is 10.1 Å². The number of nitrogens with one attached hydrogen (secondary N) is 1. The summed E-state index contributed by atoms with van der Waals surface area (Å²) in [6.45, 7) is 3.41. The molecule has 2 aliphatic heterocycles. The summed E-state index contributed by atoms with van der Waals surface area (Å²) >= 11 is 7.41. The number of hydrogen-bond donors (Lipinski definition) is 2. The molecule has 2 heterocycles. The first-order valence-corrected chi connectivity index (χ1v) is 7.32. The predicted octanol–water partition coefficient (Wildman–Crippen LogP) is 0.199. The quantitative estimate of drug-likeness (QED) is 0.331. The van der Waals surface area contributed by atoms with Gasteiger partial charge in [0, 0.05) is 36.8 Å². The van der Waals surface area contributed by atoms with Gasteiger partial charge in [0.2, 0.25) is 0 Å². The zero-order chi connectivity index (χ0) is 14.9. The third-order valence-electron chi connectivity index (χ3n) is 2.92. The lowest BCUT2D eigenvalue weighted by Crippen LogP contribution is -2.64. The molecule has 1 saturated heterocycles. The highest BCUT2D eigenvalue weighted by molar-refractivity contribution is 8.05. The molecule has 2 rings (SSSR count). The van der Waals surface area contributed by atoms with Gasteiger partial charge in [-0.3, -0.25) is 0 Å². The van der Waals surface area contributed by atoms with Gasteiger partial charge in [-0.15, -0.1) is 0 Å². The Morgan fingerprint density at radius 1 is 1.75 bits per heavy atom. The van der Waals surface area contributed by atoms with Crippen LogP contribution in [0, 0.1) is 10.1 Å². The van der Waals surface area contributed by atoms with Crippen LogP contribution in [0.5, 0.6) is 0 Å². The third-order valence-corrected chi connectivity index (χ3v) is 4.21. The van der Waals surface area contributed by atoms with Gasteiger partial charge >= 0.3 is 0 Å². The molecule has 112 valence electrons. The summed E-state index contributed by atoms with van der Waals surface area (Å²) in [4.78, 5) is 15.0. The Kier molecular flexibility index (Phi) is 4.31. The number of rotatable bonds is 3. The molecule has 0 aliphatic carbocycles. The Labute approximate surface area is 126 Å². The maximum atomic E-state index is 10.7. The van der Waals surface area contributed by atoms with Gasteiger partial charge in [0.25, 0.3) is 5.96 Å². The van der Waals surface area contributed by atoms with Crippen molar-refractivity contribution in [1.29, 1.82) is 0 Å². The highest BCUT2D eigenvalue weighted by Gasteiger charge is 2.36. The van der Waals surface area contributed by atoms with Crippen LogP contribution in [0.15, 0.2) is 16.2 Å². The summed E-state index contributed by atoms with van der Waals surface area (Å²) in [6, 6.07) is 0. The van der Waals surface area contributed by atoms with E-state index in [1.807, 2.05) is 18.0 Å². The first-order chi connectivity index (χ1) is 9.27. The first-order valence-electron chi connectivity index (χ1n) is 6.01. The van der Waals surface area contributed by atoms with Gasteiger partial charge in [-0.2, -0.15) is 0 Å². The maximum Gasteiger partial charge on any atom is 0.274 e. The minimum absolute atomic E-state index is 0.201. The van der Waals surface area contributed by atoms with Crippen LogP contribution >= 0.6 is 23.4 Å². The zero-order valence-electron chi connectivity index (χ0n) is 11.2. The van der Waals surface area contributed by atoms with E-state index in [4.69, 9.17) is 17.3 Å². The summed E-state index contributed by atoms with van der Waals surface area (Å²) < 4.78 is 0. The van der Waals surface area contributed by atoms with E-state index in [1.165, 1.54) is 11.8 Å². The highest BCUT2D eigenvalue weighted by Crippen LogP contribution is 2.29.